The van der Waals surface area contributed by atoms with Gasteiger partial charge in [-0.05, 0) is 23.3 Å². The molecular weight excluding hydrogens is 304 g/mol. The van der Waals surface area contributed by atoms with Crippen LogP contribution >= 0.6 is 0 Å². The van der Waals surface area contributed by atoms with Crippen LogP contribution in [-0.4, -0.2) is 36.8 Å². The van der Waals surface area contributed by atoms with Crippen LogP contribution in [0, 0.1) is 11.3 Å². The molecule has 2 aromatic rings. The van der Waals surface area contributed by atoms with Crippen LogP contribution in [0.3, 0.4) is 0 Å². The Labute approximate surface area is 141 Å². The molecule has 0 aliphatic carbocycles. The lowest BCUT2D eigenvalue weighted by molar-refractivity contribution is -0.0383. The minimum absolute atomic E-state index is 0.0465. The molecule has 0 radical (unpaired) electrons. The van der Waals surface area contributed by atoms with Crippen molar-refractivity contribution in [2.24, 2.45) is 0 Å². The number of nitriles is 1. The van der Waals surface area contributed by atoms with Crippen LogP contribution in [0.5, 0.6) is 11.5 Å². The molecular formula is C19H20N2O3. The van der Waals surface area contributed by atoms with E-state index in [1.54, 1.807) is 18.2 Å². The maximum atomic E-state index is 9.75. The molecule has 1 heterocycles. The first-order valence-electron chi connectivity index (χ1n) is 7.90. The number of aromatic hydroxyl groups is 1. The highest BCUT2D eigenvalue weighted by Gasteiger charge is 2.28. The number of benzene rings is 2. The van der Waals surface area contributed by atoms with E-state index in [1.807, 2.05) is 30.3 Å². The first kappa shape index (κ1) is 16.3. The van der Waals surface area contributed by atoms with Crippen molar-refractivity contribution < 1.29 is 14.6 Å². The van der Waals surface area contributed by atoms with Crippen LogP contribution in [0.4, 0.5) is 0 Å². The molecule has 0 bridgehead atoms. The van der Waals surface area contributed by atoms with E-state index in [0.29, 0.717) is 25.4 Å². The molecule has 124 valence electrons. The summed E-state index contributed by atoms with van der Waals surface area (Å²) in [7, 11) is 1.50. The lowest BCUT2D eigenvalue weighted by atomic mass is 10.0. The molecule has 1 aliphatic rings. The first-order chi connectivity index (χ1) is 11.7. The minimum atomic E-state index is -0.408. The van der Waals surface area contributed by atoms with E-state index < -0.39 is 6.04 Å². The summed E-state index contributed by atoms with van der Waals surface area (Å²) in [6, 6.07) is 17.0. The summed E-state index contributed by atoms with van der Waals surface area (Å²) < 4.78 is 11.0. The minimum Gasteiger partial charge on any atom is -0.504 e. The summed E-state index contributed by atoms with van der Waals surface area (Å²) in [5.74, 6) is 0.447. The molecule has 0 aromatic heterocycles. The zero-order chi connectivity index (χ0) is 16.9. The third kappa shape index (κ3) is 3.35. The highest BCUT2D eigenvalue weighted by atomic mass is 16.5. The van der Waals surface area contributed by atoms with Crippen molar-refractivity contribution in [3.63, 3.8) is 0 Å². The Bertz CT molecular complexity index is 727. The quantitative estimate of drug-likeness (QED) is 0.936. The fourth-order valence-corrected chi connectivity index (χ4v) is 3.00. The van der Waals surface area contributed by atoms with Crippen LogP contribution in [0.2, 0.25) is 0 Å². The molecule has 2 atom stereocenters. The number of ether oxygens (including phenoxy) is 2. The third-order valence-electron chi connectivity index (χ3n) is 4.28. The molecule has 1 saturated heterocycles. The molecule has 5 heteroatoms. The second-order valence-electron chi connectivity index (χ2n) is 5.73. The molecule has 0 unspecified atom stereocenters. The fraction of sp³-hybridized carbons (Fsp3) is 0.316. The number of hydrogen-bond donors (Lipinski definition) is 1. The molecule has 1 N–H and O–H groups in total. The largest absolute Gasteiger partial charge is 0.504 e. The van der Waals surface area contributed by atoms with Crippen molar-refractivity contribution in [1.82, 2.24) is 4.90 Å². The predicted octanol–water partition coefficient (Wildman–Crippen LogP) is 3.04. The Morgan fingerprint density at radius 2 is 2.08 bits per heavy atom. The van der Waals surface area contributed by atoms with Gasteiger partial charge in [0.15, 0.2) is 11.5 Å². The summed E-state index contributed by atoms with van der Waals surface area (Å²) in [5, 5.41) is 19.4. The number of methoxy groups -OCH3 is 1. The highest BCUT2D eigenvalue weighted by Crippen LogP contribution is 2.33. The molecule has 1 aliphatic heterocycles. The molecule has 2 aromatic carbocycles. The van der Waals surface area contributed by atoms with Crippen molar-refractivity contribution in [3.8, 4) is 17.6 Å². The number of rotatable bonds is 4. The van der Waals surface area contributed by atoms with E-state index in [1.165, 1.54) is 7.11 Å². The van der Waals surface area contributed by atoms with Crippen LogP contribution < -0.4 is 4.74 Å². The zero-order valence-corrected chi connectivity index (χ0v) is 13.6. The van der Waals surface area contributed by atoms with Gasteiger partial charge in [-0.1, -0.05) is 36.4 Å². The lowest BCUT2D eigenvalue weighted by Gasteiger charge is -2.36. The second-order valence-corrected chi connectivity index (χ2v) is 5.73. The number of phenols is 1. The maximum absolute atomic E-state index is 9.75. The van der Waals surface area contributed by atoms with E-state index in [0.717, 1.165) is 11.1 Å². The van der Waals surface area contributed by atoms with Crippen molar-refractivity contribution in [2.75, 3.05) is 26.8 Å². The van der Waals surface area contributed by atoms with Gasteiger partial charge in [-0.15, -0.1) is 0 Å². The van der Waals surface area contributed by atoms with Crippen molar-refractivity contribution in [1.29, 1.82) is 5.26 Å². The average Bonchev–Trinajstić information content (AvgIpc) is 2.64. The van der Waals surface area contributed by atoms with Gasteiger partial charge in [-0.3, -0.25) is 4.90 Å². The molecule has 0 saturated carbocycles. The normalized spacial score (nSPS) is 19.4. The van der Waals surface area contributed by atoms with Gasteiger partial charge in [0, 0.05) is 13.1 Å². The number of morpholine rings is 1. The highest BCUT2D eigenvalue weighted by molar-refractivity contribution is 5.43. The summed E-state index contributed by atoms with van der Waals surface area (Å²) >= 11 is 0. The molecule has 0 spiro atoms. The van der Waals surface area contributed by atoms with E-state index >= 15 is 0 Å². The van der Waals surface area contributed by atoms with E-state index in [-0.39, 0.29) is 11.9 Å². The molecule has 24 heavy (non-hydrogen) atoms. The van der Waals surface area contributed by atoms with E-state index in [9.17, 15) is 10.4 Å². The van der Waals surface area contributed by atoms with Gasteiger partial charge in [0.25, 0.3) is 0 Å². The maximum Gasteiger partial charge on any atom is 0.160 e. The smallest absolute Gasteiger partial charge is 0.160 e. The second kappa shape index (κ2) is 7.35. The van der Waals surface area contributed by atoms with Gasteiger partial charge in [-0.25, -0.2) is 0 Å². The monoisotopic (exact) mass is 324 g/mol. The third-order valence-corrected chi connectivity index (χ3v) is 4.28. The molecule has 0 amide bonds. The molecule has 5 nitrogen and oxygen atoms in total. The number of hydrogen-bond acceptors (Lipinski definition) is 5. The summed E-state index contributed by atoms with van der Waals surface area (Å²) in [6.45, 7) is 1.91. The van der Waals surface area contributed by atoms with Gasteiger partial charge in [0.05, 0.1) is 25.9 Å². The Hall–Kier alpha value is -2.55. The number of phenolic OH excluding ortho intramolecular Hbond substituents is 1. The van der Waals surface area contributed by atoms with Crippen molar-refractivity contribution in [2.45, 2.75) is 12.1 Å². The van der Waals surface area contributed by atoms with Gasteiger partial charge >= 0.3 is 0 Å². The Morgan fingerprint density at radius 3 is 2.79 bits per heavy atom. The summed E-state index contributed by atoms with van der Waals surface area (Å²) in [5.41, 5.74) is 1.92. The summed E-state index contributed by atoms with van der Waals surface area (Å²) in [6.07, 6.45) is -0.0465. The van der Waals surface area contributed by atoms with Gasteiger partial charge in [0.1, 0.15) is 6.04 Å². The average molecular weight is 324 g/mol. The Kier molecular flexibility index (Phi) is 4.99. The lowest BCUT2D eigenvalue weighted by Crippen LogP contribution is -2.40. The Balaban J connectivity index is 1.82. The molecule has 1 fully saturated rings. The topological polar surface area (TPSA) is 65.7 Å². The van der Waals surface area contributed by atoms with E-state index in [2.05, 4.69) is 11.0 Å². The predicted molar refractivity (Wildman–Crippen MR) is 89.7 cm³/mol. The van der Waals surface area contributed by atoms with Crippen LogP contribution in [0.25, 0.3) is 0 Å². The van der Waals surface area contributed by atoms with Crippen molar-refractivity contribution in [3.05, 3.63) is 59.7 Å². The van der Waals surface area contributed by atoms with E-state index in [4.69, 9.17) is 9.47 Å². The van der Waals surface area contributed by atoms with Gasteiger partial charge < -0.3 is 14.6 Å². The fourth-order valence-electron chi connectivity index (χ4n) is 3.00. The zero-order valence-electron chi connectivity index (χ0n) is 13.6. The Morgan fingerprint density at radius 1 is 1.29 bits per heavy atom. The SMILES string of the molecule is COc1cc([C@@H](C#N)N2CCO[C@@H](c3ccccc3)C2)ccc1O. The first-order valence-corrected chi connectivity index (χ1v) is 7.90. The standard InChI is InChI=1S/C19H20N2O3/c1-23-18-11-15(7-8-17(18)22)16(12-20)21-9-10-24-19(13-21)14-5-3-2-4-6-14/h2-8,11,16,19,22H,9-10,13H2,1H3/t16-,19-/m1/s1. The summed E-state index contributed by atoms with van der Waals surface area (Å²) in [4.78, 5) is 2.10. The van der Waals surface area contributed by atoms with Crippen LogP contribution in [0.15, 0.2) is 48.5 Å². The van der Waals surface area contributed by atoms with Crippen molar-refractivity contribution >= 4 is 0 Å². The van der Waals surface area contributed by atoms with Crippen LogP contribution in [0.1, 0.15) is 23.3 Å². The van der Waals surface area contributed by atoms with Gasteiger partial charge in [0.2, 0.25) is 0 Å². The number of nitrogens with zero attached hydrogens (tertiary/aromatic N) is 2. The van der Waals surface area contributed by atoms with Gasteiger partial charge in [-0.2, -0.15) is 5.26 Å². The molecule has 3 rings (SSSR count). The van der Waals surface area contributed by atoms with Crippen LogP contribution in [-0.2, 0) is 4.74 Å².